The van der Waals surface area contributed by atoms with Crippen LogP contribution in [0.5, 0.6) is 0 Å². The smallest absolute Gasteiger partial charge is 0.425 e. The number of halogens is 4. The molecule has 0 aliphatic heterocycles. The van der Waals surface area contributed by atoms with Crippen molar-refractivity contribution in [3.8, 4) is 0 Å². The first-order chi connectivity index (χ1) is 21.3. The van der Waals surface area contributed by atoms with Crippen molar-refractivity contribution < 1.29 is 41.4 Å². The van der Waals surface area contributed by atoms with Crippen LogP contribution < -0.4 is 15.5 Å². The number of aromatic nitrogens is 2. The van der Waals surface area contributed by atoms with E-state index in [-0.39, 0.29) is 40.5 Å². The first-order valence-corrected chi connectivity index (χ1v) is 14.1. The fourth-order valence-electron chi connectivity index (χ4n) is 3.68. The molecule has 0 atom stereocenters. The number of alkyl halides is 3. The quantitative estimate of drug-likeness (QED) is 0.147. The molecule has 0 aliphatic carbocycles. The SMILES string of the molecule is CCOC(C)=Nc1c(F)cccc1Nc1cc(N(C(=O)OC(C)(C)C)C(=O)OC(C)(C)C)nc(Nc2ccc(C(F)(F)F)cc2)n1. The van der Waals surface area contributed by atoms with E-state index in [4.69, 9.17) is 14.2 Å². The fraction of sp³-hybridized carbons (Fsp3) is 0.387. The van der Waals surface area contributed by atoms with Crippen LogP contribution in [-0.4, -0.2) is 45.9 Å². The molecule has 1 aromatic heterocycles. The van der Waals surface area contributed by atoms with Gasteiger partial charge >= 0.3 is 18.4 Å². The van der Waals surface area contributed by atoms with Gasteiger partial charge in [0.15, 0.2) is 17.5 Å². The van der Waals surface area contributed by atoms with Crippen molar-refractivity contribution in [3.63, 3.8) is 0 Å². The van der Waals surface area contributed by atoms with Crippen LogP contribution in [0.2, 0.25) is 0 Å². The highest BCUT2D eigenvalue weighted by Crippen LogP contribution is 2.34. The van der Waals surface area contributed by atoms with Gasteiger partial charge in [0, 0.05) is 18.7 Å². The lowest BCUT2D eigenvalue weighted by molar-refractivity contribution is -0.137. The van der Waals surface area contributed by atoms with Crippen molar-refractivity contribution in [3.05, 3.63) is 59.9 Å². The highest BCUT2D eigenvalue weighted by Gasteiger charge is 2.34. The maximum atomic E-state index is 14.9. The van der Waals surface area contributed by atoms with Gasteiger partial charge < -0.3 is 24.8 Å². The zero-order valence-electron chi connectivity index (χ0n) is 26.7. The van der Waals surface area contributed by atoms with Crippen LogP contribution in [0.4, 0.5) is 61.8 Å². The molecule has 11 nitrogen and oxygen atoms in total. The number of imide groups is 1. The second-order valence-corrected chi connectivity index (χ2v) is 11.8. The van der Waals surface area contributed by atoms with E-state index in [1.807, 2.05) is 0 Å². The lowest BCUT2D eigenvalue weighted by atomic mass is 10.2. The minimum Gasteiger partial charge on any atom is -0.481 e. The highest BCUT2D eigenvalue weighted by molar-refractivity contribution is 6.09. The van der Waals surface area contributed by atoms with Gasteiger partial charge in [-0.05, 0) is 84.9 Å². The Bertz CT molecular complexity index is 1550. The van der Waals surface area contributed by atoms with Crippen molar-refractivity contribution in [1.82, 2.24) is 9.97 Å². The van der Waals surface area contributed by atoms with Crippen molar-refractivity contribution >= 4 is 52.7 Å². The second-order valence-electron chi connectivity index (χ2n) is 11.8. The monoisotopic (exact) mass is 648 g/mol. The van der Waals surface area contributed by atoms with E-state index in [0.29, 0.717) is 11.5 Å². The molecule has 3 rings (SSSR count). The molecule has 0 fully saturated rings. The maximum absolute atomic E-state index is 14.9. The van der Waals surface area contributed by atoms with Gasteiger partial charge in [0.1, 0.15) is 22.7 Å². The number of aliphatic imine (C=N–C) groups is 1. The number of hydrogen-bond donors (Lipinski definition) is 2. The number of carbonyl (C=O) groups excluding carboxylic acids is 2. The van der Waals surface area contributed by atoms with Gasteiger partial charge in [0.2, 0.25) is 5.95 Å². The summed E-state index contributed by atoms with van der Waals surface area (Å²) in [6.07, 6.45) is -6.82. The van der Waals surface area contributed by atoms with Crippen molar-refractivity contribution in [2.24, 2.45) is 4.99 Å². The van der Waals surface area contributed by atoms with Crippen LogP contribution in [0.25, 0.3) is 0 Å². The molecule has 0 unspecified atom stereocenters. The van der Waals surface area contributed by atoms with Gasteiger partial charge in [-0.15, -0.1) is 0 Å². The van der Waals surface area contributed by atoms with Gasteiger partial charge in [-0.25, -0.2) is 19.0 Å². The minimum atomic E-state index is -4.56. The number of rotatable bonds is 7. The Morgan fingerprint density at radius 1 is 0.891 bits per heavy atom. The number of amides is 2. The fourth-order valence-corrected chi connectivity index (χ4v) is 3.68. The number of para-hydroxylation sites is 1. The van der Waals surface area contributed by atoms with E-state index >= 15 is 0 Å². The average Bonchev–Trinajstić information content (AvgIpc) is 2.88. The summed E-state index contributed by atoms with van der Waals surface area (Å²) in [4.78, 5) is 40.1. The lowest BCUT2D eigenvalue weighted by Crippen LogP contribution is -2.44. The Morgan fingerprint density at radius 2 is 1.48 bits per heavy atom. The molecular formula is C31H36F4N6O5. The van der Waals surface area contributed by atoms with Crippen molar-refractivity contribution in [2.75, 3.05) is 22.1 Å². The maximum Gasteiger partial charge on any atom is 0.425 e. The van der Waals surface area contributed by atoms with Crippen LogP contribution in [0, 0.1) is 5.82 Å². The molecule has 248 valence electrons. The molecule has 2 aromatic carbocycles. The summed E-state index contributed by atoms with van der Waals surface area (Å²) in [5.74, 6) is -1.14. The number of carbonyl (C=O) groups is 2. The Balaban J connectivity index is 2.18. The molecule has 2 N–H and O–H groups in total. The van der Waals surface area contributed by atoms with E-state index in [1.54, 1.807) is 55.4 Å². The molecule has 0 saturated carbocycles. The molecular weight excluding hydrogens is 612 g/mol. The summed E-state index contributed by atoms with van der Waals surface area (Å²) < 4.78 is 70.5. The summed E-state index contributed by atoms with van der Waals surface area (Å²) in [6, 6.07) is 9.35. The summed E-state index contributed by atoms with van der Waals surface area (Å²) in [5.41, 5.74) is -2.77. The molecule has 0 saturated heterocycles. The Kier molecular flexibility index (Phi) is 10.8. The molecule has 0 bridgehead atoms. The van der Waals surface area contributed by atoms with E-state index in [2.05, 4.69) is 25.6 Å². The Morgan fingerprint density at radius 3 is 2.00 bits per heavy atom. The van der Waals surface area contributed by atoms with Gasteiger partial charge in [-0.1, -0.05) is 6.07 Å². The number of nitrogens with one attached hydrogen (secondary N) is 2. The van der Waals surface area contributed by atoms with Crippen LogP contribution in [0.1, 0.15) is 61.0 Å². The van der Waals surface area contributed by atoms with E-state index in [0.717, 1.165) is 24.3 Å². The molecule has 0 radical (unpaired) electrons. The summed E-state index contributed by atoms with van der Waals surface area (Å²) in [6.45, 7) is 13.2. The lowest BCUT2D eigenvalue weighted by Gasteiger charge is -2.28. The van der Waals surface area contributed by atoms with Crippen molar-refractivity contribution in [2.45, 2.75) is 72.8 Å². The van der Waals surface area contributed by atoms with Gasteiger partial charge in [0.25, 0.3) is 0 Å². The zero-order chi connectivity index (χ0) is 34.4. The van der Waals surface area contributed by atoms with Gasteiger partial charge in [-0.3, -0.25) is 0 Å². The third kappa shape index (κ3) is 10.3. The molecule has 3 aromatic rings. The summed E-state index contributed by atoms with van der Waals surface area (Å²) in [5, 5.41) is 5.68. The van der Waals surface area contributed by atoms with Crippen LogP contribution in [0.3, 0.4) is 0 Å². The number of ether oxygens (including phenoxy) is 3. The van der Waals surface area contributed by atoms with E-state index in [9.17, 15) is 27.2 Å². The van der Waals surface area contributed by atoms with Gasteiger partial charge in [-0.2, -0.15) is 28.0 Å². The molecule has 15 heteroatoms. The van der Waals surface area contributed by atoms with Crippen LogP contribution in [0.15, 0.2) is 53.5 Å². The number of nitrogens with zero attached hydrogens (tertiary/aromatic N) is 4. The van der Waals surface area contributed by atoms with E-state index in [1.165, 1.54) is 24.3 Å². The third-order valence-electron chi connectivity index (χ3n) is 5.43. The topological polar surface area (TPSA) is 127 Å². The third-order valence-corrected chi connectivity index (χ3v) is 5.43. The number of hydrogen-bond acceptors (Lipinski definition) is 10. The van der Waals surface area contributed by atoms with Crippen molar-refractivity contribution in [1.29, 1.82) is 0 Å². The Labute approximate surface area is 264 Å². The first kappa shape index (κ1) is 35.5. The predicted molar refractivity (Wildman–Crippen MR) is 166 cm³/mol. The van der Waals surface area contributed by atoms with Gasteiger partial charge in [0.05, 0.1) is 17.9 Å². The second kappa shape index (κ2) is 14.0. The van der Waals surface area contributed by atoms with Crippen LogP contribution >= 0.6 is 0 Å². The standard InChI is InChI=1S/C31H36F4N6O5/c1-9-44-18(2)36-25-21(32)11-10-12-22(25)38-23-17-24(41(27(42)45-29(3,4)5)28(43)46-30(6,7)8)40-26(39-23)37-20-15-13-19(14-16-20)31(33,34)35/h10-17H,9H2,1-8H3,(H2,37,38,39,40). The molecule has 0 spiro atoms. The number of benzene rings is 2. The average molecular weight is 649 g/mol. The Hall–Kier alpha value is -4.95. The van der Waals surface area contributed by atoms with Crippen LogP contribution in [-0.2, 0) is 20.4 Å². The predicted octanol–water partition coefficient (Wildman–Crippen LogP) is 8.88. The summed E-state index contributed by atoms with van der Waals surface area (Å²) in [7, 11) is 0. The zero-order valence-corrected chi connectivity index (χ0v) is 26.7. The molecule has 0 aliphatic rings. The van der Waals surface area contributed by atoms with E-state index < -0.39 is 40.9 Å². The minimum absolute atomic E-state index is 0.0624. The normalized spacial score (nSPS) is 12.3. The molecule has 2 amide bonds. The number of anilines is 5. The first-order valence-electron chi connectivity index (χ1n) is 14.1. The molecule has 46 heavy (non-hydrogen) atoms. The summed E-state index contributed by atoms with van der Waals surface area (Å²) >= 11 is 0. The highest BCUT2D eigenvalue weighted by atomic mass is 19.4. The largest absolute Gasteiger partial charge is 0.481 e. The molecule has 1 heterocycles.